The summed E-state index contributed by atoms with van der Waals surface area (Å²) in [4.78, 5) is 30.1. The van der Waals surface area contributed by atoms with E-state index in [9.17, 15) is 9.59 Å². The Bertz CT molecular complexity index is 940. The topological polar surface area (TPSA) is 72.7 Å². The minimum absolute atomic E-state index is 0.308. The predicted molar refractivity (Wildman–Crippen MR) is 83.4 cm³/mol. The van der Waals surface area contributed by atoms with Crippen molar-refractivity contribution >= 4 is 35.4 Å². The molecule has 3 aromatic rings. The van der Waals surface area contributed by atoms with E-state index in [2.05, 4.69) is 22.6 Å². The summed E-state index contributed by atoms with van der Waals surface area (Å²) < 4.78 is 2.94. The van der Waals surface area contributed by atoms with E-state index < -0.39 is 11.2 Å². The molecule has 0 spiro atoms. The number of rotatable bonds is 2. The summed E-state index contributed by atoms with van der Waals surface area (Å²) in [5.74, 6) is 0. The second-order valence-corrected chi connectivity index (χ2v) is 5.45. The number of H-pyrrole nitrogens is 1. The highest BCUT2D eigenvalue weighted by Crippen LogP contribution is 2.17. The van der Waals surface area contributed by atoms with Gasteiger partial charge >= 0.3 is 5.69 Å². The monoisotopic (exact) mass is 322 g/mol. The molecule has 0 aliphatic carbocycles. The van der Waals surface area contributed by atoms with Gasteiger partial charge in [-0.2, -0.15) is 0 Å². The van der Waals surface area contributed by atoms with Crippen molar-refractivity contribution in [1.29, 1.82) is 0 Å². The average Bonchev–Trinajstić information content (AvgIpc) is 2.77. The van der Waals surface area contributed by atoms with Crippen LogP contribution in [-0.4, -0.2) is 19.1 Å². The van der Waals surface area contributed by atoms with Gasteiger partial charge in [-0.3, -0.25) is 14.3 Å². The second-order valence-electron chi connectivity index (χ2n) is 4.61. The summed E-state index contributed by atoms with van der Waals surface area (Å²) >= 11 is 10.1. The van der Waals surface area contributed by atoms with E-state index >= 15 is 0 Å². The number of thiol groups is 1. The molecule has 0 saturated heterocycles. The Labute approximate surface area is 129 Å². The first kappa shape index (κ1) is 14.0. The molecule has 8 heteroatoms. The molecule has 1 N–H and O–H groups in total. The number of benzene rings is 1. The predicted octanol–water partition coefficient (Wildman–Crippen LogP) is 1.41. The number of hydrogen-bond donors (Lipinski definition) is 2. The maximum absolute atomic E-state index is 12.0. The number of aryl methyl sites for hydroxylation is 1. The van der Waals surface area contributed by atoms with Gasteiger partial charge in [-0.1, -0.05) is 23.7 Å². The maximum atomic E-state index is 12.0. The molecule has 0 fully saturated rings. The zero-order valence-electron chi connectivity index (χ0n) is 11.0. The lowest BCUT2D eigenvalue weighted by molar-refractivity contribution is 0.731. The fraction of sp³-hybridized carbons (Fsp3) is 0.154. The summed E-state index contributed by atoms with van der Waals surface area (Å²) in [6.07, 6.45) is 0. The van der Waals surface area contributed by atoms with Crippen LogP contribution in [0.25, 0.3) is 11.2 Å². The lowest BCUT2D eigenvalue weighted by Crippen LogP contribution is -2.29. The highest BCUT2D eigenvalue weighted by Gasteiger charge is 2.15. The van der Waals surface area contributed by atoms with Crippen LogP contribution in [-0.2, 0) is 13.6 Å². The van der Waals surface area contributed by atoms with Gasteiger partial charge in [0, 0.05) is 12.1 Å². The third-order valence-corrected chi connectivity index (χ3v) is 3.83. The van der Waals surface area contributed by atoms with Crippen molar-refractivity contribution in [2.45, 2.75) is 11.7 Å². The SMILES string of the molecule is Cn1c(=O)[nH]c(=O)c2c1nc(S)n2Cc1ccc(Cl)cc1. The van der Waals surface area contributed by atoms with E-state index in [0.29, 0.717) is 27.9 Å². The largest absolute Gasteiger partial charge is 0.329 e. The smallest absolute Gasteiger partial charge is 0.309 e. The highest BCUT2D eigenvalue weighted by molar-refractivity contribution is 7.80. The Kier molecular flexibility index (Phi) is 3.38. The number of nitrogens with one attached hydrogen (secondary N) is 1. The van der Waals surface area contributed by atoms with Gasteiger partial charge in [0.15, 0.2) is 16.3 Å². The standard InChI is InChI=1S/C13H11ClN4O2S/c1-17-10-9(11(19)16-12(17)20)18(13(21)15-10)6-7-2-4-8(14)5-3-7/h2-5H,6H2,1H3,(H,15,21)(H,16,19,20). The first-order chi connectivity index (χ1) is 9.97. The average molecular weight is 323 g/mol. The van der Waals surface area contributed by atoms with Gasteiger partial charge in [-0.25, -0.2) is 9.78 Å². The molecule has 0 saturated carbocycles. The zero-order valence-corrected chi connectivity index (χ0v) is 12.7. The highest BCUT2D eigenvalue weighted by atomic mass is 35.5. The Morgan fingerprint density at radius 1 is 1.29 bits per heavy atom. The summed E-state index contributed by atoms with van der Waals surface area (Å²) in [5, 5.41) is 1.01. The van der Waals surface area contributed by atoms with Crippen molar-refractivity contribution in [1.82, 2.24) is 19.1 Å². The molecule has 0 radical (unpaired) electrons. The van der Waals surface area contributed by atoms with E-state index in [1.165, 1.54) is 4.57 Å². The van der Waals surface area contributed by atoms with Gasteiger partial charge in [-0.05, 0) is 17.7 Å². The molecule has 6 nitrogen and oxygen atoms in total. The summed E-state index contributed by atoms with van der Waals surface area (Å²) in [7, 11) is 1.55. The van der Waals surface area contributed by atoms with Crippen molar-refractivity contribution in [3.63, 3.8) is 0 Å². The van der Waals surface area contributed by atoms with E-state index in [1.54, 1.807) is 23.7 Å². The second kappa shape index (κ2) is 5.09. The zero-order chi connectivity index (χ0) is 15.1. The molecule has 0 atom stereocenters. The molecule has 0 amide bonds. The fourth-order valence-electron chi connectivity index (χ4n) is 2.15. The van der Waals surface area contributed by atoms with Crippen LogP contribution < -0.4 is 11.2 Å². The van der Waals surface area contributed by atoms with E-state index in [0.717, 1.165) is 5.56 Å². The van der Waals surface area contributed by atoms with Gasteiger partial charge in [0.25, 0.3) is 5.56 Å². The van der Waals surface area contributed by atoms with Crippen LogP contribution in [0.15, 0.2) is 39.0 Å². The van der Waals surface area contributed by atoms with Crippen LogP contribution in [0.2, 0.25) is 5.02 Å². The van der Waals surface area contributed by atoms with Gasteiger partial charge in [0.05, 0.1) is 6.54 Å². The minimum atomic E-state index is -0.503. The minimum Gasteiger partial charge on any atom is -0.309 e. The number of hydrogen-bond acceptors (Lipinski definition) is 4. The molecule has 1 aromatic carbocycles. The van der Waals surface area contributed by atoms with Crippen molar-refractivity contribution in [3.8, 4) is 0 Å². The summed E-state index contributed by atoms with van der Waals surface area (Å²) in [6.45, 7) is 0.411. The molecule has 0 unspecified atom stereocenters. The molecule has 0 aliphatic heterocycles. The number of nitrogens with zero attached hydrogens (tertiary/aromatic N) is 3. The number of aromatic amines is 1. The third kappa shape index (κ3) is 2.38. The molecular formula is C13H11ClN4O2S. The molecule has 2 aromatic heterocycles. The quantitative estimate of drug-likeness (QED) is 0.701. The number of imidazole rings is 1. The van der Waals surface area contributed by atoms with Crippen LogP contribution >= 0.6 is 24.2 Å². The van der Waals surface area contributed by atoms with Crippen LogP contribution in [0.4, 0.5) is 0 Å². The number of aromatic nitrogens is 4. The fourth-order valence-corrected chi connectivity index (χ4v) is 2.54. The Morgan fingerprint density at radius 2 is 1.95 bits per heavy atom. The van der Waals surface area contributed by atoms with Crippen LogP contribution in [0.1, 0.15) is 5.56 Å². The first-order valence-electron chi connectivity index (χ1n) is 6.10. The third-order valence-electron chi connectivity index (χ3n) is 3.24. The summed E-state index contributed by atoms with van der Waals surface area (Å²) in [6, 6.07) is 7.26. The Morgan fingerprint density at radius 3 is 2.62 bits per heavy atom. The molecule has 3 rings (SSSR count). The molecule has 0 aliphatic rings. The number of halogens is 1. The van der Waals surface area contributed by atoms with Crippen molar-refractivity contribution in [3.05, 3.63) is 55.7 Å². The first-order valence-corrected chi connectivity index (χ1v) is 6.93. The Balaban J connectivity index is 2.21. The Hall–Kier alpha value is -1.99. The van der Waals surface area contributed by atoms with Gasteiger partial charge in [-0.15, -0.1) is 12.6 Å². The molecule has 21 heavy (non-hydrogen) atoms. The van der Waals surface area contributed by atoms with Gasteiger partial charge in [0.1, 0.15) is 0 Å². The van der Waals surface area contributed by atoms with Gasteiger partial charge < -0.3 is 4.57 Å². The number of fused-ring (bicyclic) bond motifs is 1. The molecule has 108 valence electrons. The van der Waals surface area contributed by atoms with E-state index in [4.69, 9.17) is 11.6 Å². The van der Waals surface area contributed by atoms with Crippen molar-refractivity contribution in [2.75, 3.05) is 0 Å². The van der Waals surface area contributed by atoms with Crippen LogP contribution in [0.5, 0.6) is 0 Å². The molecule has 2 heterocycles. The van der Waals surface area contributed by atoms with Crippen molar-refractivity contribution < 1.29 is 0 Å². The van der Waals surface area contributed by atoms with Crippen LogP contribution in [0.3, 0.4) is 0 Å². The maximum Gasteiger partial charge on any atom is 0.329 e. The normalized spacial score (nSPS) is 11.2. The molecular weight excluding hydrogens is 312 g/mol. The van der Waals surface area contributed by atoms with Crippen molar-refractivity contribution in [2.24, 2.45) is 7.05 Å². The van der Waals surface area contributed by atoms with Gasteiger partial charge in [0.2, 0.25) is 0 Å². The van der Waals surface area contributed by atoms with Crippen LogP contribution in [0, 0.1) is 0 Å². The molecule has 0 bridgehead atoms. The van der Waals surface area contributed by atoms with E-state index in [-0.39, 0.29) is 0 Å². The van der Waals surface area contributed by atoms with E-state index in [1.807, 2.05) is 12.1 Å². The summed E-state index contributed by atoms with van der Waals surface area (Å²) in [5.41, 5.74) is 0.592. The lowest BCUT2D eigenvalue weighted by Gasteiger charge is -2.06. The lowest BCUT2D eigenvalue weighted by atomic mass is 10.2.